The first-order valence-corrected chi connectivity index (χ1v) is 11.0. The topological polar surface area (TPSA) is 170 Å². The van der Waals surface area contributed by atoms with E-state index >= 15 is 0 Å². The van der Waals surface area contributed by atoms with Gasteiger partial charge in [-0.25, -0.2) is 15.0 Å². The van der Waals surface area contributed by atoms with E-state index in [1.54, 1.807) is 6.07 Å². The molecule has 0 saturated carbocycles. The van der Waals surface area contributed by atoms with Crippen LogP contribution in [-0.2, 0) is 11.3 Å². The van der Waals surface area contributed by atoms with Crippen LogP contribution in [0.1, 0.15) is 16.8 Å². The second kappa shape index (κ2) is 10.8. The Bertz CT molecular complexity index is 1290. The zero-order chi connectivity index (χ0) is 24.8. The van der Waals surface area contributed by atoms with E-state index in [1.807, 2.05) is 10.6 Å². The highest BCUT2D eigenvalue weighted by Gasteiger charge is 2.21. The fourth-order valence-electron chi connectivity index (χ4n) is 3.74. The first-order chi connectivity index (χ1) is 17.0. The average molecular weight is 483 g/mol. The first-order valence-electron chi connectivity index (χ1n) is 11.0. The van der Waals surface area contributed by atoms with Crippen LogP contribution in [0.15, 0.2) is 29.5 Å². The summed E-state index contributed by atoms with van der Waals surface area (Å²) in [5.74, 6) is 1.16. The van der Waals surface area contributed by atoms with Crippen molar-refractivity contribution in [2.24, 2.45) is 4.99 Å². The molecule has 0 fully saturated rings. The number of aliphatic hydroxyl groups excluding tert-OH is 1. The van der Waals surface area contributed by atoms with Crippen LogP contribution in [0.2, 0.25) is 0 Å². The molecule has 1 aliphatic heterocycles. The third-order valence-corrected chi connectivity index (χ3v) is 5.41. The van der Waals surface area contributed by atoms with Crippen LogP contribution in [0.3, 0.4) is 0 Å². The lowest BCUT2D eigenvalue weighted by Gasteiger charge is -2.17. The van der Waals surface area contributed by atoms with Crippen molar-refractivity contribution in [2.45, 2.75) is 13.0 Å². The van der Waals surface area contributed by atoms with Gasteiger partial charge < -0.3 is 30.5 Å². The third-order valence-electron chi connectivity index (χ3n) is 5.41. The van der Waals surface area contributed by atoms with Crippen LogP contribution in [-0.4, -0.2) is 81.8 Å². The maximum atomic E-state index is 12.7. The summed E-state index contributed by atoms with van der Waals surface area (Å²) >= 11 is 0. The summed E-state index contributed by atoms with van der Waals surface area (Å²) in [5.41, 5.74) is 6.38. The Morgan fingerprint density at radius 2 is 2.14 bits per heavy atom. The largest absolute Gasteiger partial charge is 0.491 e. The Morgan fingerprint density at radius 3 is 2.86 bits per heavy atom. The number of rotatable bonds is 10. The molecule has 3 aromatic rings. The number of carbonyl (C=O) groups is 2. The number of ether oxygens (including phenoxy) is 2. The predicted octanol–water partition coefficient (Wildman–Crippen LogP) is -0.197. The average Bonchev–Trinajstić information content (AvgIpc) is 3.36. The summed E-state index contributed by atoms with van der Waals surface area (Å²) in [5, 5.41) is 13.1. The fourth-order valence-corrected chi connectivity index (χ4v) is 3.74. The fraction of sp³-hybridized carbons (Fsp3) is 0.364. The number of fused-ring (bicyclic) bond motifs is 3. The predicted molar refractivity (Wildman–Crippen MR) is 126 cm³/mol. The standard InChI is InChI=1S/C22H26N8O5/c1-34-18-16(35-10-2-6-29(13-32)8-9-31)4-3-15-17(18)27-22(30-7-5-24-19(15)30)28-20(33)14-11-25-21(23)26-12-14/h3-4,11-13,24,31H,2,5-10H2,1H3,(H2,23,25,26). The maximum Gasteiger partial charge on any atom is 0.283 e. The highest BCUT2D eigenvalue weighted by molar-refractivity contribution is 5.96. The van der Waals surface area contributed by atoms with Gasteiger partial charge in [-0.3, -0.25) is 14.2 Å². The number of aromatic nitrogens is 4. The Kier molecular flexibility index (Phi) is 7.35. The van der Waals surface area contributed by atoms with E-state index in [9.17, 15) is 9.59 Å². The molecule has 2 aromatic heterocycles. The lowest BCUT2D eigenvalue weighted by Crippen LogP contribution is -2.27. The third kappa shape index (κ3) is 5.14. The molecule has 0 spiro atoms. The number of benzene rings is 1. The van der Waals surface area contributed by atoms with E-state index in [2.05, 4.69) is 25.3 Å². The number of nitrogens with two attached hydrogens (primary N) is 1. The van der Waals surface area contributed by atoms with Gasteiger partial charge in [-0.2, -0.15) is 4.99 Å². The highest BCUT2D eigenvalue weighted by Crippen LogP contribution is 2.37. The number of nitrogen functional groups attached to an aromatic ring is 1. The van der Waals surface area contributed by atoms with Gasteiger partial charge in [0.25, 0.3) is 5.91 Å². The highest BCUT2D eigenvalue weighted by atomic mass is 16.5. The van der Waals surface area contributed by atoms with Crippen LogP contribution >= 0.6 is 0 Å². The number of nitrogens with one attached hydrogen (secondary N) is 1. The molecule has 0 unspecified atom stereocenters. The molecule has 0 atom stereocenters. The Balaban J connectivity index is 1.66. The molecule has 0 bridgehead atoms. The molecule has 2 amide bonds. The molecule has 13 heteroatoms. The SMILES string of the molecule is COc1c(OCCCN(C=O)CCO)ccc2c3n(c(=NC(=O)c4cnc(N)nc4)nc12)CCN3. The molecule has 1 aliphatic rings. The molecule has 1 aromatic carbocycles. The molecular weight excluding hydrogens is 456 g/mol. The lowest BCUT2D eigenvalue weighted by molar-refractivity contribution is -0.118. The first kappa shape index (κ1) is 23.9. The van der Waals surface area contributed by atoms with Crippen LogP contribution in [0.4, 0.5) is 11.8 Å². The minimum atomic E-state index is -0.549. The van der Waals surface area contributed by atoms with Gasteiger partial charge in [-0.05, 0) is 18.6 Å². The lowest BCUT2D eigenvalue weighted by atomic mass is 10.2. The number of aliphatic hydroxyl groups is 1. The van der Waals surface area contributed by atoms with Crippen LogP contribution in [0.25, 0.3) is 10.9 Å². The minimum Gasteiger partial charge on any atom is -0.491 e. The number of amides is 2. The van der Waals surface area contributed by atoms with Crippen molar-refractivity contribution in [3.05, 3.63) is 35.7 Å². The summed E-state index contributed by atoms with van der Waals surface area (Å²) in [7, 11) is 1.51. The van der Waals surface area contributed by atoms with Gasteiger partial charge in [0.05, 0.1) is 25.9 Å². The smallest absolute Gasteiger partial charge is 0.283 e. The van der Waals surface area contributed by atoms with Gasteiger partial charge >= 0.3 is 0 Å². The van der Waals surface area contributed by atoms with E-state index in [0.29, 0.717) is 56.1 Å². The number of hydrogen-bond acceptors (Lipinski definition) is 10. The Labute approximate surface area is 200 Å². The van der Waals surface area contributed by atoms with Crippen molar-refractivity contribution in [3.63, 3.8) is 0 Å². The van der Waals surface area contributed by atoms with Crippen molar-refractivity contribution in [2.75, 3.05) is 51.0 Å². The maximum absolute atomic E-state index is 12.7. The van der Waals surface area contributed by atoms with Crippen molar-refractivity contribution in [1.82, 2.24) is 24.4 Å². The van der Waals surface area contributed by atoms with Gasteiger partial charge in [0.2, 0.25) is 18.0 Å². The zero-order valence-corrected chi connectivity index (χ0v) is 19.2. The molecular formula is C22H26N8O5. The van der Waals surface area contributed by atoms with Gasteiger partial charge in [0.1, 0.15) is 11.3 Å². The second-order valence-electron chi connectivity index (χ2n) is 7.65. The van der Waals surface area contributed by atoms with Crippen molar-refractivity contribution in [1.29, 1.82) is 0 Å². The van der Waals surface area contributed by atoms with E-state index in [0.717, 1.165) is 11.2 Å². The summed E-state index contributed by atoms with van der Waals surface area (Å²) in [6, 6.07) is 3.66. The van der Waals surface area contributed by atoms with Crippen LogP contribution in [0.5, 0.6) is 11.5 Å². The van der Waals surface area contributed by atoms with E-state index in [1.165, 1.54) is 24.4 Å². The number of methoxy groups -OCH3 is 1. The Morgan fingerprint density at radius 1 is 1.34 bits per heavy atom. The summed E-state index contributed by atoms with van der Waals surface area (Å²) in [4.78, 5) is 41.7. The van der Waals surface area contributed by atoms with Crippen LogP contribution in [0, 0.1) is 0 Å². The monoisotopic (exact) mass is 482 g/mol. The molecule has 0 saturated heterocycles. The van der Waals surface area contributed by atoms with Crippen LogP contribution < -0.4 is 26.1 Å². The molecule has 0 aliphatic carbocycles. The van der Waals surface area contributed by atoms with E-state index < -0.39 is 5.91 Å². The summed E-state index contributed by atoms with van der Waals surface area (Å²) < 4.78 is 13.4. The van der Waals surface area contributed by atoms with Gasteiger partial charge in [-0.15, -0.1) is 0 Å². The number of carbonyl (C=O) groups excluding carboxylic acids is 2. The van der Waals surface area contributed by atoms with E-state index in [4.69, 9.17) is 20.3 Å². The molecule has 13 nitrogen and oxygen atoms in total. The molecule has 35 heavy (non-hydrogen) atoms. The van der Waals surface area contributed by atoms with Gasteiger partial charge in [0, 0.05) is 44.0 Å². The molecule has 4 rings (SSSR count). The quantitative estimate of drug-likeness (QED) is 0.260. The second-order valence-corrected chi connectivity index (χ2v) is 7.65. The normalized spacial score (nSPS) is 12.8. The number of nitrogens with zero attached hydrogens (tertiary/aromatic N) is 6. The number of hydrogen-bond donors (Lipinski definition) is 3. The van der Waals surface area contributed by atoms with Crippen molar-refractivity contribution in [3.8, 4) is 11.5 Å². The molecule has 4 N–H and O–H groups in total. The Hall–Kier alpha value is -4.26. The zero-order valence-electron chi connectivity index (χ0n) is 19.2. The minimum absolute atomic E-state index is 0.0642. The van der Waals surface area contributed by atoms with Gasteiger partial charge in [-0.1, -0.05) is 0 Å². The molecule has 184 valence electrons. The summed E-state index contributed by atoms with van der Waals surface area (Å²) in [6.07, 6.45) is 3.90. The van der Waals surface area contributed by atoms with Gasteiger partial charge in [0.15, 0.2) is 11.5 Å². The molecule has 3 heterocycles. The molecule has 0 radical (unpaired) electrons. The number of anilines is 2. The van der Waals surface area contributed by atoms with Crippen molar-refractivity contribution >= 4 is 35.0 Å². The summed E-state index contributed by atoms with van der Waals surface area (Å²) in [6.45, 7) is 2.19. The van der Waals surface area contributed by atoms with E-state index in [-0.39, 0.29) is 30.3 Å². The van der Waals surface area contributed by atoms with Crippen molar-refractivity contribution < 1.29 is 24.2 Å².